The molecule has 3 N–H and O–H groups in total. The molecule has 0 aliphatic heterocycles. The summed E-state index contributed by atoms with van der Waals surface area (Å²) in [6, 6.07) is 7.68. The normalized spacial score (nSPS) is 16.2. The van der Waals surface area contributed by atoms with Gasteiger partial charge in [0, 0.05) is 4.88 Å². The van der Waals surface area contributed by atoms with Crippen molar-refractivity contribution in [1.29, 1.82) is 0 Å². The van der Waals surface area contributed by atoms with Crippen LogP contribution in [0, 0.1) is 11.3 Å². The van der Waals surface area contributed by atoms with E-state index in [1.54, 1.807) is 0 Å². The molecule has 0 unspecified atom stereocenters. The summed E-state index contributed by atoms with van der Waals surface area (Å²) >= 11 is 1.44. The molecule has 8 nitrogen and oxygen atoms in total. The van der Waals surface area contributed by atoms with E-state index >= 15 is 0 Å². The standard InChI is InChI=1S/C22H29N3O5S2/c1-22(2,3)15-5-10-18-14(11-15)12-19(31-18)21(27)25-24-20(26)13-23-32(28,29)17-8-6-16(30-4)7-9-17/h6-9,12,15,23H,5,10-11,13H2,1-4H3,(H,24,26)(H,25,27)/t15-/m0/s1. The molecule has 1 aromatic heterocycles. The van der Waals surface area contributed by atoms with Crippen LogP contribution < -0.4 is 20.3 Å². The predicted molar refractivity (Wildman–Crippen MR) is 123 cm³/mol. The molecule has 1 aromatic carbocycles. The van der Waals surface area contributed by atoms with E-state index in [-0.39, 0.29) is 10.3 Å². The van der Waals surface area contributed by atoms with E-state index in [0.29, 0.717) is 16.5 Å². The SMILES string of the molecule is COc1ccc(S(=O)(=O)NCC(=O)NNC(=O)c2cc3c(s2)CC[C@H](C(C)(C)C)C3)cc1. The first kappa shape index (κ1) is 24.2. The number of methoxy groups -OCH3 is 1. The van der Waals surface area contributed by atoms with E-state index in [1.807, 2.05) is 6.07 Å². The van der Waals surface area contributed by atoms with Gasteiger partial charge >= 0.3 is 0 Å². The lowest BCUT2D eigenvalue weighted by Gasteiger charge is -2.33. The molecule has 174 valence electrons. The van der Waals surface area contributed by atoms with Gasteiger partial charge in [-0.3, -0.25) is 20.4 Å². The van der Waals surface area contributed by atoms with Gasteiger partial charge in [0.05, 0.1) is 23.4 Å². The topological polar surface area (TPSA) is 114 Å². The summed E-state index contributed by atoms with van der Waals surface area (Å²) in [5.74, 6) is 0.000140. The highest BCUT2D eigenvalue weighted by Crippen LogP contribution is 2.40. The zero-order valence-corrected chi connectivity index (χ0v) is 20.3. The lowest BCUT2D eigenvalue weighted by Crippen LogP contribution is -2.46. The summed E-state index contributed by atoms with van der Waals surface area (Å²) in [4.78, 5) is 26.3. The molecule has 0 saturated heterocycles. The third-order valence-electron chi connectivity index (χ3n) is 5.64. The second kappa shape index (κ2) is 9.60. The van der Waals surface area contributed by atoms with Crippen LogP contribution in [0.4, 0.5) is 0 Å². The van der Waals surface area contributed by atoms with E-state index < -0.39 is 28.4 Å². The third kappa shape index (κ3) is 5.87. The number of carbonyl (C=O) groups excluding carboxylic acids is 2. The average molecular weight is 480 g/mol. The van der Waals surface area contributed by atoms with Crippen molar-refractivity contribution in [3.05, 3.63) is 45.6 Å². The van der Waals surface area contributed by atoms with Crippen LogP contribution in [0.3, 0.4) is 0 Å². The summed E-state index contributed by atoms with van der Waals surface area (Å²) in [7, 11) is -2.39. The van der Waals surface area contributed by atoms with E-state index in [2.05, 4.69) is 36.3 Å². The Morgan fingerprint density at radius 2 is 1.84 bits per heavy atom. The molecule has 0 fully saturated rings. The fourth-order valence-electron chi connectivity index (χ4n) is 3.61. The van der Waals surface area contributed by atoms with Crippen LogP contribution in [-0.4, -0.2) is 33.9 Å². The number of rotatable bonds is 6. The molecule has 1 heterocycles. The molecule has 1 aliphatic carbocycles. The minimum atomic E-state index is -3.87. The van der Waals surface area contributed by atoms with Gasteiger partial charge in [-0.15, -0.1) is 11.3 Å². The number of hydrogen-bond acceptors (Lipinski definition) is 6. The van der Waals surface area contributed by atoms with Crippen molar-refractivity contribution < 1.29 is 22.7 Å². The third-order valence-corrected chi connectivity index (χ3v) is 8.29. The van der Waals surface area contributed by atoms with E-state index in [4.69, 9.17) is 4.74 Å². The number of aryl methyl sites for hydroxylation is 1. The average Bonchev–Trinajstić information content (AvgIpc) is 3.19. The van der Waals surface area contributed by atoms with Crippen LogP contribution in [0.15, 0.2) is 35.2 Å². The number of thiophene rings is 1. The quantitative estimate of drug-likeness (QED) is 0.551. The van der Waals surface area contributed by atoms with Crippen LogP contribution in [0.2, 0.25) is 0 Å². The summed E-state index contributed by atoms with van der Waals surface area (Å²) in [5.41, 5.74) is 6.04. The molecule has 1 atom stereocenters. The summed E-state index contributed by atoms with van der Waals surface area (Å²) in [5, 5.41) is 0. The summed E-state index contributed by atoms with van der Waals surface area (Å²) in [6.45, 7) is 6.20. The molecule has 10 heteroatoms. The Balaban J connectivity index is 1.51. The summed E-state index contributed by atoms with van der Waals surface area (Å²) in [6.07, 6.45) is 3.00. The van der Waals surface area contributed by atoms with Crippen molar-refractivity contribution in [1.82, 2.24) is 15.6 Å². The largest absolute Gasteiger partial charge is 0.497 e. The number of nitrogens with one attached hydrogen (secondary N) is 3. The van der Waals surface area contributed by atoms with Crippen LogP contribution in [0.1, 0.15) is 47.3 Å². The monoisotopic (exact) mass is 479 g/mol. The Morgan fingerprint density at radius 3 is 2.47 bits per heavy atom. The molecule has 0 spiro atoms. The van der Waals surface area contributed by atoms with Gasteiger partial charge in [0.15, 0.2) is 0 Å². The Morgan fingerprint density at radius 1 is 1.16 bits per heavy atom. The van der Waals surface area contributed by atoms with Crippen molar-refractivity contribution in [3.8, 4) is 5.75 Å². The second-order valence-corrected chi connectivity index (χ2v) is 11.8. The van der Waals surface area contributed by atoms with Gasteiger partial charge in [-0.1, -0.05) is 20.8 Å². The first-order valence-corrected chi connectivity index (χ1v) is 12.6. The minimum Gasteiger partial charge on any atom is -0.497 e. The van der Waals surface area contributed by atoms with Gasteiger partial charge in [0.1, 0.15) is 5.75 Å². The van der Waals surface area contributed by atoms with Crippen molar-refractivity contribution >= 4 is 33.2 Å². The highest BCUT2D eigenvalue weighted by molar-refractivity contribution is 7.89. The first-order chi connectivity index (χ1) is 15.0. The second-order valence-electron chi connectivity index (χ2n) is 8.87. The number of hydrogen-bond donors (Lipinski definition) is 3. The number of amides is 2. The van der Waals surface area contributed by atoms with Gasteiger partial charge in [-0.25, -0.2) is 13.1 Å². The smallest absolute Gasteiger partial charge is 0.279 e. The van der Waals surface area contributed by atoms with Gasteiger partial charge < -0.3 is 4.74 Å². The zero-order valence-electron chi connectivity index (χ0n) is 18.7. The van der Waals surface area contributed by atoms with Crippen LogP contribution in [-0.2, 0) is 27.7 Å². The molecule has 3 rings (SSSR count). The maximum Gasteiger partial charge on any atom is 0.279 e. The van der Waals surface area contributed by atoms with Crippen molar-refractivity contribution in [3.63, 3.8) is 0 Å². The number of hydrazine groups is 1. The molecular formula is C22H29N3O5S2. The Labute approximate surface area is 192 Å². The lowest BCUT2D eigenvalue weighted by atomic mass is 9.72. The van der Waals surface area contributed by atoms with Gasteiger partial charge in [0.25, 0.3) is 11.8 Å². The van der Waals surface area contributed by atoms with Crippen LogP contribution >= 0.6 is 11.3 Å². The minimum absolute atomic E-state index is 0.00728. The maximum absolute atomic E-state index is 12.5. The van der Waals surface area contributed by atoms with E-state index in [0.717, 1.165) is 19.3 Å². The Hall–Kier alpha value is -2.43. The zero-order chi connectivity index (χ0) is 23.5. The number of ether oxygens (including phenoxy) is 1. The lowest BCUT2D eigenvalue weighted by molar-refractivity contribution is -0.120. The fraction of sp³-hybridized carbons (Fsp3) is 0.455. The van der Waals surface area contributed by atoms with Crippen molar-refractivity contribution in [2.24, 2.45) is 11.3 Å². The number of benzene rings is 1. The van der Waals surface area contributed by atoms with Crippen LogP contribution in [0.5, 0.6) is 5.75 Å². The number of carbonyl (C=O) groups is 2. The van der Waals surface area contributed by atoms with Gasteiger partial charge in [-0.2, -0.15) is 0 Å². The van der Waals surface area contributed by atoms with E-state index in [1.165, 1.54) is 53.2 Å². The molecule has 32 heavy (non-hydrogen) atoms. The van der Waals surface area contributed by atoms with Crippen molar-refractivity contribution in [2.45, 2.75) is 44.9 Å². The number of fused-ring (bicyclic) bond motifs is 1. The molecule has 0 saturated carbocycles. The highest BCUT2D eigenvalue weighted by Gasteiger charge is 2.30. The van der Waals surface area contributed by atoms with Gasteiger partial charge in [-0.05, 0) is 66.5 Å². The molecule has 0 bridgehead atoms. The molecule has 0 radical (unpaired) electrons. The fourth-order valence-corrected chi connectivity index (χ4v) is 5.69. The predicted octanol–water partition coefficient (Wildman–Crippen LogP) is 2.65. The molecule has 1 aliphatic rings. The van der Waals surface area contributed by atoms with E-state index in [9.17, 15) is 18.0 Å². The van der Waals surface area contributed by atoms with Crippen molar-refractivity contribution in [2.75, 3.05) is 13.7 Å². The Bertz CT molecular complexity index is 1090. The maximum atomic E-state index is 12.5. The number of sulfonamides is 1. The molecule has 2 aromatic rings. The van der Waals surface area contributed by atoms with Crippen LogP contribution in [0.25, 0.3) is 0 Å². The molecular weight excluding hydrogens is 450 g/mol. The summed E-state index contributed by atoms with van der Waals surface area (Å²) < 4.78 is 31.8. The Kier molecular flexibility index (Phi) is 7.26. The van der Waals surface area contributed by atoms with Gasteiger partial charge in [0.2, 0.25) is 10.0 Å². The highest BCUT2D eigenvalue weighted by atomic mass is 32.2. The first-order valence-electron chi connectivity index (χ1n) is 10.3. The molecule has 2 amide bonds.